The molecule has 0 aliphatic carbocycles. The van der Waals surface area contributed by atoms with Gasteiger partial charge in [-0.15, -0.1) is 0 Å². The number of benzene rings is 2. The maximum atomic E-state index is 11.7. The zero-order chi connectivity index (χ0) is 14.8. The number of nitrogens with two attached hydrogens (primary N) is 1. The van der Waals surface area contributed by atoms with Crippen LogP contribution < -0.4 is 15.2 Å². The van der Waals surface area contributed by atoms with Crippen LogP contribution in [0.1, 0.15) is 5.56 Å². The Hall–Kier alpha value is -2.05. The van der Waals surface area contributed by atoms with E-state index in [-0.39, 0.29) is 10.6 Å². The topological polar surface area (TPSA) is 81.4 Å². The summed E-state index contributed by atoms with van der Waals surface area (Å²) in [6, 6.07) is 12.0. The second kappa shape index (κ2) is 5.52. The third-order valence-corrected chi connectivity index (χ3v) is 4.28. The Morgan fingerprint density at radius 1 is 1.05 bits per heavy atom. The summed E-state index contributed by atoms with van der Waals surface area (Å²) in [6.07, 6.45) is 0. The zero-order valence-electron chi connectivity index (χ0n) is 11.3. The Labute approximate surface area is 118 Å². The molecule has 0 saturated heterocycles. The van der Waals surface area contributed by atoms with Crippen molar-refractivity contribution in [1.29, 1.82) is 0 Å². The molecule has 0 fully saturated rings. The highest BCUT2D eigenvalue weighted by Gasteiger charge is 2.15. The van der Waals surface area contributed by atoms with Gasteiger partial charge < -0.3 is 10.5 Å². The molecule has 0 unspecified atom stereocenters. The highest BCUT2D eigenvalue weighted by molar-refractivity contribution is 7.89. The Bertz CT molecular complexity index is 710. The van der Waals surface area contributed by atoms with E-state index in [9.17, 15) is 8.42 Å². The van der Waals surface area contributed by atoms with Gasteiger partial charge in [-0.3, -0.25) is 0 Å². The van der Waals surface area contributed by atoms with Gasteiger partial charge in [0.25, 0.3) is 0 Å². The molecule has 0 aliphatic rings. The Morgan fingerprint density at radius 2 is 1.65 bits per heavy atom. The third-order valence-electron chi connectivity index (χ3n) is 2.80. The summed E-state index contributed by atoms with van der Waals surface area (Å²) in [5.41, 5.74) is 7.04. The molecular weight excluding hydrogens is 276 g/mol. The molecule has 20 heavy (non-hydrogen) atoms. The SMILES string of the molecule is CNS(=O)(=O)c1ccc(Oc2ccc(C)cc2)cc1N. The van der Waals surface area contributed by atoms with Crippen LogP contribution in [0.5, 0.6) is 11.5 Å². The van der Waals surface area contributed by atoms with Gasteiger partial charge in [-0.2, -0.15) is 0 Å². The van der Waals surface area contributed by atoms with E-state index in [0.717, 1.165) is 5.56 Å². The fourth-order valence-electron chi connectivity index (χ4n) is 1.69. The zero-order valence-corrected chi connectivity index (χ0v) is 12.1. The molecule has 3 N–H and O–H groups in total. The lowest BCUT2D eigenvalue weighted by Gasteiger charge is -2.10. The van der Waals surface area contributed by atoms with Crippen LogP contribution in [0.3, 0.4) is 0 Å². The molecule has 106 valence electrons. The first kappa shape index (κ1) is 14.4. The highest BCUT2D eigenvalue weighted by atomic mass is 32.2. The summed E-state index contributed by atoms with van der Waals surface area (Å²) in [5.74, 6) is 1.15. The molecule has 0 saturated carbocycles. The number of rotatable bonds is 4. The number of sulfonamides is 1. The number of aryl methyl sites for hydroxylation is 1. The second-order valence-corrected chi connectivity index (χ2v) is 6.18. The van der Waals surface area contributed by atoms with Crippen LogP contribution in [-0.4, -0.2) is 15.5 Å². The molecule has 0 heterocycles. The van der Waals surface area contributed by atoms with Crippen LogP contribution in [0.2, 0.25) is 0 Å². The van der Waals surface area contributed by atoms with Gasteiger partial charge in [0.2, 0.25) is 10.0 Å². The smallest absolute Gasteiger partial charge is 0.242 e. The quantitative estimate of drug-likeness (QED) is 0.847. The molecule has 6 heteroatoms. The average molecular weight is 292 g/mol. The van der Waals surface area contributed by atoms with E-state index in [1.165, 1.54) is 19.2 Å². The molecule has 0 atom stereocenters. The molecule has 0 bridgehead atoms. The predicted octanol–water partition coefficient (Wildman–Crippen LogP) is 2.28. The van der Waals surface area contributed by atoms with Gasteiger partial charge in [-0.25, -0.2) is 13.1 Å². The normalized spacial score (nSPS) is 11.3. The summed E-state index contributed by atoms with van der Waals surface area (Å²) in [7, 11) is -2.22. The van der Waals surface area contributed by atoms with Crippen molar-refractivity contribution in [1.82, 2.24) is 4.72 Å². The van der Waals surface area contributed by atoms with Gasteiger partial charge in [0.15, 0.2) is 0 Å². The summed E-state index contributed by atoms with van der Waals surface area (Å²) >= 11 is 0. The maximum absolute atomic E-state index is 11.7. The van der Waals surface area contributed by atoms with Crippen molar-refractivity contribution in [3.05, 3.63) is 48.0 Å². The molecule has 2 aromatic carbocycles. The molecule has 0 radical (unpaired) electrons. The van der Waals surface area contributed by atoms with Crippen LogP contribution >= 0.6 is 0 Å². The number of hydrogen-bond donors (Lipinski definition) is 2. The number of nitrogen functional groups attached to an aromatic ring is 1. The monoisotopic (exact) mass is 292 g/mol. The van der Waals surface area contributed by atoms with E-state index in [1.807, 2.05) is 31.2 Å². The first-order chi connectivity index (χ1) is 9.42. The second-order valence-electron chi connectivity index (χ2n) is 4.32. The molecule has 2 aromatic rings. The van der Waals surface area contributed by atoms with Crippen molar-refractivity contribution in [3.8, 4) is 11.5 Å². The van der Waals surface area contributed by atoms with E-state index in [2.05, 4.69) is 4.72 Å². The first-order valence-electron chi connectivity index (χ1n) is 6.00. The number of nitrogens with one attached hydrogen (secondary N) is 1. The van der Waals surface area contributed by atoms with Crippen LogP contribution in [0, 0.1) is 6.92 Å². The maximum Gasteiger partial charge on any atom is 0.242 e. The minimum atomic E-state index is -3.55. The summed E-state index contributed by atoms with van der Waals surface area (Å²) in [4.78, 5) is 0.0382. The molecule has 2 rings (SSSR count). The number of ether oxygens (including phenoxy) is 1. The van der Waals surface area contributed by atoms with Crippen molar-refractivity contribution >= 4 is 15.7 Å². The van der Waals surface area contributed by atoms with Gasteiger partial charge in [0.05, 0.1) is 5.69 Å². The average Bonchev–Trinajstić information content (AvgIpc) is 2.41. The number of hydrogen-bond acceptors (Lipinski definition) is 4. The van der Waals surface area contributed by atoms with Crippen molar-refractivity contribution in [2.75, 3.05) is 12.8 Å². The van der Waals surface area contributed by atoms with E-state index in [4.69, 9.17) is 10.5 Å². The Kier molecular flexibility index (Phi) is 3.96. The molecule has 0 aliphatic heterocycles. The van der Waals surface area contributed by atoms with E-state index in [0.29, 0.717) is 11.5 Å². The van der Waals surface area contributed by atoms with Gasteiger partial charge in [-0.1, -0.05) is 17.7 Å². The Balaban J connectivity index is 2.28. The number of anilines is 1. The minimum absolute atomic E-state index is 0.0382. The molecule has 0 aromatic heterocycles. The van der Waals surface area contributed by atoms with E-state index >= 15 is 0 Å². The molecule has 0 amide bonds. The minimum Gasteiger partial charge on any atom is -0.457 e. The van der Waals surface area contributed by atoms with Crippen LogP contribution in [0.15, 0.2) is 47.4 Å². The summed E-state index contributed by atoms with van der Waals surface area (Å²) in [5, 5.41) is 0. The molecule has 0 spiro atoms. The van der Waals surface area contributed by atoms with Gasteiger partial charge >= 0.3 is 0 Å². The van der Waals surface area contributed by atoms with E-state index < -0.39 is 10.0 Å². The molecule has 5 nitrogen and oxygen atoms in total. The van der Waals surface area contributed by atoms with Gasteiger partial charge in [0, 0.05) is 6.07 Å². The van der Waals surface area contributed by atoms with Crippen molar-refractivity contribution < 1.29 is 13.2 Å². The van der Waals surface area contributed by atoms with Crippen LogP contribution in [-0.2, 0) is 10.0 Å². The van der Waals surface area contributed by atoms with Crippen molar-refractivity contribution in [2.45, 2.75) is 11.8 Å². The van der Waals surface area contributed by atoms with E-state index in [1.54, 1.807) is 6.07 Å². The lowest BCUT2D eigenvalue weighted by atomic mass is 10.2. The van der Waals surface area contributed by atoms with Gasteiger partial charge in [0.1, 0.15) is 16.4 Å². The standard InChI is InChI=1S/C14H16N2O3S/c1-10-3-5-11(6-4-10)19-12-7-8-14(13(15)9-12)20(17,18)16-2/h3-9,16H,15H2,1-2H3. The lowest BCUT2D eigenvalue weighted by Crippen LogP contribution is -2.19. The molecular formula is C14H16N2O3S. The fraction of sp³-hybridized carbons (Fsp3) is 0.143. The first-order valence-corrected chi connectivity index (χ1v) is 7.48. The predicted molar refractivity (Wildman–Crippen MR) is 78.4 cm³/mol. The van der Waals surface area contributed by atoms with Crippen molar-refractivity contribution in [2.24, 2.45) is 0 Å². The fourth-order valence-corrected chi connectivity index (χ4v) is 2.52. The van der Waals surface area contributed by atoms with Crippen LogP contribution in [0.4, 0.5) is 5.69 Å². The van der Waals surface area contributed by atoms with Crippen molar-refractivity contribution in [3.63, 3.8) is 0 Å². The largest absolute Gasteiger partial charge is 0.457 e. The highest BCUT2D eigenvalue weighted by Crippen LogP contribution is 2.27. The third kappa shape index (κ3) is 3.09. The lowest BCUT2D eigenvalue weighted by molar-refractivity contribution is 0.482. The summed E-state index contributed by atoms with van der Waals surface area (Å²) in [6.45, 7) is 1.99. The Morgan fingerprint density at radius 3 is 2.20 bits per heavy atom. The summed E-state index contributed by atoms with van der Waals surface area (Å²) < 4.78 is 31.2. The van der Waals surface area contributed by atoms with Crippen LogP contribution in [0.25, 0.3) is 0 Å². The van der Waals surface area contributed by atoms with Gasteiger partial charge in [-0.05, 0) is 38.2 Å².